The number of carbonyl (C=O) groups is 1. The zero-order valence-corrected chi connectivity index (χ0v) is 10.6. The van der Waals surface area contributed by atoms with E-state index >= 15 is 0 Å². The molecule has 0 unspecified atom stereocenters. The molecule has 0 saturated heterocycles. The van der Waals surface area contributed by atoms with Crippen LogP contribution in [0.3, 0.4) is 0 Å². The first-order valence-corrected chi connectivity index (χ1v) is 5.80. The Morgan fingerprint density at radius 1 is 1.67 bits per heavy atom. The summed E-state index contributed by atoms with van der Waals surface area (Å²) in [5, 5.41) is 0.333. The molecule has 0 saturated carbocycles. The van der Waals surface area contributed by atoms with Crippen LogP contribution in [0.1, 0.15) is 30.1 Å². The number of hydrogen-bond donors (Lipinski definition) is 0. The fourth-order valence-electron chi connectivity index (χ4n) is 0.925. The third-order valence-corrected chi connectivity index (χ3v) is 2.90. The molecule has 82 valence electrons. The summed E-state index contributed by atoms with van der Waals surface area (Å²) in [5.74, 6) is -0.367. The molecule has 0 spiro atoms. The van der Waals surface area contributed by atoms with E-state index in [1.165, 1.54) is 6.20 Å². The molecule has 0 aliphatic heterocycles. The number of nitrogens with zero attached hydrogens (tertiary/aromatic N) is 1. The maximum Gasteiger partial charge on any atom is 0.339 e. The van der Waals surface area contributed by atoms with Gasteiger partial charge in [-0.1, -0.05) is 24.9 Å². The topological polar surface area (TPSA) is 39.2 Å². The molecule has 0 aliphatic rings. The molecule has 1 aromatic heterocycles. The summed E-state index contributed by atoms with van der Waals surface area (Å²) in [6.45, 7) is 2.48. The van der Waals surface area contributed by atoms with Crippen LogP contribution in [0, 0.1) is 0 Å². The van der Waals surface area contributed by atoms with Gasteiger partial charge in [0, 0.05) is 6.20 Å². The molecule has 1 aromatic rings. The van der Waals surface area contributed by atoms with Gasteiger partial charge in [0.25, 0.3) is 0 Å². The highest BCUT2D eigenvalue weighted by Gasteiger charge is 2.09. The van der Waals surface area contributed by atoms with Gasteiger partial charge in [0.05, 0.1) is 16.6 Å². The van der Waals surface area contributed by atoms with Crippen molar-refractivity contribution in [1.29, 1.82) is 0 Å². The summed E-state index contributed by atoms with van der Waals surface area (Å²) >= 11 is 8.90. The van der Waals surface area contributed by atoms with Crippen molar-refractivity contribution in [3.63, 3.8) is 0 Å². The Kier molecular flexibility index (Phi) is 5.05. The van der Waals surface area contributed by atoms with Gasteiger partial charge < -0.3 is 4.74 Å². The SMILES string of the molecule is CCCCOC(=O)c1cnc(Cl)c(Br)c1. The lowest BCUT2D eigenvalue weighted by molar-refractivity contribution is 0.0499. The van der Waals surface area contributed by atoms with Crippen molar-refractivity contribution >= 4 is 33.5 Å². The van der Waals surface area contributed by atoms with Gasteiger partial charge in [0.2, 0.25) is 0 Å². The van der Waals surface area contributed by atoms with Gasteiger partial charge in [-0.15, -0.1) is 0 Å². The number of esters is 1. The van der Waals surface area contributed by atoms with E-state index in [4.69, 9.17) is 16.3 Å². The largest absolute Gasteiger partial charge is 0.462 e. The first-order valence-electron chi connectivity index (χ1n) is 4.63. The van der Waals surface area contributed by atoms with E-state index in [0.29, 0.717) is 21.8 Å². The van der Waals surface area contributed by atoms with E-state index in [1.54, 1.807) is 6.07 Å². The number of pyridine rings is 1. The Morgan fingerprint density at radius 2 is 2.40 bits per heavy atom. The van der Waals surface area contributed by atoms with E-state index in [1.807, 2.05) is 6.92 Å². The Morgan fingerprint density at radius 3 is 3.00 bits per heavy atom. The minimum atomic E-state index is -0.367. The van der Waals surface area contributed by atoms with Crippen LogP contribution in [0.4, 0.5) is 0 Å². The first kappa shape index (κ1) is 12.5. The van der Waals surface area contributed by atoms with Crippen LogP contribution >= 0.6 is 27.5 Å². The van der Waals surface area contributed by atoms with Crippen LogP contribution in [0.15, 0.2) is 16.7 Å². The van der Waals surface area contributed by atoms with Crippen molar-refractivity contribution < 1.29 is 9.53 Å². The number of carbonyl (C=O) groups excluding carboxylic acids is 1. The molecular formula is C10H11BrClNO2. The van der Waals surface area contributed by atoms with Crippen LogP contribution in [-0.2, 0) is 4.74 Å². The van der Waals surface area contributed by atoms with E-state index in [-0.39, 0.29) is 5.97 Å². The molecule has 0 fully saturated rings. The van der Waals surface area contributed by atoms with Gasteiger partial charge >= 0.3 is 5.97 Å². The number of unbranched alkanes of at least 4 members (excludes halogenated alkanes) is 1. The summed E-state index contributed by atoms with van der Waals surface area (Å²) in [6, 6.07) is 1.60. The molecule has 1 heterocycles. The number of aromatic nitrogens is 1. The van der Waals surface area contributed by atoms with E-state index in [2.05, 4.69) is 20.9 Å². The first-order chi connectivity index (χ1) is 7.15. The smallest absolute Gasteiger partial charge is 0.339 e. The Labute approximate surface area is 102 Å². The summed E-state index contributed by atoms with van der Waals surface area (Å²) < 4.78 is 5.61. The molecule has 0 aliphatic carbocycles. The van der Waals surface area contributed by atoms with Crippen molar-refractivity contribution in [3.8, 4) is 0 Å². The van der Waals surface area contributed by atoms with E-state index < -0.39 is 0 Å². The molecule has 0 bridgehead atoms. The van der Waals surface area contributed by atoms with Crippen LogP contribution in [0.2, 0.25) is 5.15 Å². The van der Waals surface area contributed by atoms with Crippen LogP contribution in [-0.4, -0.2) is 17.6 Å². The number of hydrogen-bond acceptors (Lipinski definition) is 3. The van der Waals surface area contributed by atoms with Gasteiger partial charge in [0.15, 0.2) is 0 Å². The third-order valence-electron chi connectivity index (χ3n) is 1.76. The van der Waals surface area contributed by atoms with Crippen LogP contribution in [0.5, 0.6) is 0 Å². The highest BCUT2D eigenvalue weighted by Crippen LogP contribution is 2.20. The molecule has 0 radical (unpaired) electrons. The van der Waals surface area contributed by atoms with Gasteiger partial charge in [-0.05, 0) is 28.4 Å². The third kappa shape index (κ3) is 3.80. The quantitative estimate of drug-likeness (QED) is 0.485. The van der Waals surface area contributed by atoms with Crippen LogP contribution in [0.25, 0.3) is 0 Å². The van der Waals surface area contributed by atoms with Gasteiger partial charge in [-0.25, -0.2) is 9.78 Å². The predicted molar refractivity (Wildman–Crippen MR) is 62.1 cm³/mol. The number of halogens is 2. The standard InChI is InChI=1S/C10H11BrClNO2/c1-2-3-4-15-10(14)7-5-8(11)9(12)13-6-7/h5-6H,2-4H2,1H3. The average molecular weight is 293 g/mol. The predicted octanol–water partition coefficient (Wildman–Crippen LogP) is 3.45. The average Bonchev–Trinajstić information content (AvgIpc) is 2.22. The zero-order valence-electron chi connectivity index (χ0n) is 8.30. The summed E-state index contributed by atoms with van der Waals surface area (Å²) in [4.78, 5) is 15.3. The van der Waals surface area contributed by atoms with Gasteiger partial charge in [0.1, 0.15) is 5.15 Å². The van der Waals surface area contributed by atoms with E-state index in [0.717, 1.165) is 12.8 Å². The fraction of sp³-hybridized carbons (Fsp3) is 0.400. The molecule has 0 N–H and O–H groups in total. The lowest BCUT2D eigenvalue weighted by Crippen LogP contribution is -2.06. The highest BCUT2D eigenvalue weighted by atomic mass is 79.9. The van der Waals surface area contributed by atoms with Crippen molar-refractivity contribution in [2.24, 2.45) is 0 Å². The fourth-order valence-corrected chi connectivity index (χ4v) is 1.38. The zero-order chi connectivity index (χ0) is 11.3. The molecule has 15 heavy (non-hydrogen) atoms. The highest BCUT2D eigenvalue weighted by molar-refractivity contribution is 9.10. The van der Waals surface area contributed by atoms with Crippen molar-refractivity contribution in [2.45, 2.75) is 19.8 Å². The minimum absolute atomic E-state index is 0.333. The maximum atomic E-state index is 11.5. The molecule has 0 amide bonds. The van der Waals surface area contributed by atoms with Crippen molar-refractivity contribution in [1.82, 2.24) is 4.98 Å². The minimum Gasteiger partial charge on any atom is -0.462 e. The Balaban J connectivity index is 2.62. The molecule has 5 heteroatoms. The Hall–Kier alpha value is -0.610. The van der Waals surface area contributed by atoms with Gasteiger partial charge in [-0.3, -0.25) is 0 Å². The lowest BCUT2D eigenvalue weighted by atomic mass is 10.3. The van der Waals surface area contributed by atoms with Crippen LogP contribution < -0.4 is 0 Å². The summed E-state index contributed by atoms with van der Waals surface area (Å²) in [6.07, 6.45) is 3.27. The second-order valence-electron chi connectivity index (χ2n) is 2.99. The molecule has 1 rings (SSSR count). The van der Waals surface area contributed by atoms with Gasteiger partial charge in [-0.2, -0.15) is 0 Å². The summed E-state index contributed by atoms with van der Waals surface area (Å²) in [7, 11) is 0. The second kappa shape index (κ2) is 6.08. The normalized spacial score (nSPS) is 10.1. The van der Waals surface area contributed by atoms with E-state index in [9.17, 15) is 4.79 Å². The maximum absolute atomic E-state index is 11.5. The molecule has 0 atom stereocenters. The second-order valence-corrected chi connectivity index (χ2v) is 4.20. The number of ether oxygens (including phenoxy) is 1. The monoisotopic (exact) mass is 291 g/mol. The molecule has 0 aromatic carbocycles. The summed E-state index contributed by atoms with van der Waals surface area (Å²) in [5.41, 5.74) is 0.405. The van der Waals surface area contributed by atoms with Crippen molar-refractivity contribution in [3.05, 3.63) is 27.5 Å². The number of rotatable bonds is 4. The molecular weight excluding hydrogens is 281 g/mol. The lowest BCUT2D eigenvalue weighted by Gasteiger charge is -2.04. The van der Waals surface area contributed by atoms with Crippen molar-refractivity contribution in [2.75, 3.05) is 6.61 Å². The molecule has 3 nitrogen and oxygen atoms in total. The Bertz CT molecular complexity index is 357.